The van der Waals surface area contributed by atoms with Gasteiger partial charge in [-0.1, -0.05) is 40.9 Å². The first-order valence-corrected chi connectivity index (χ1v) is 6.97. The highest BCUT2D eigenvalue weighted by Crippen LogP contribution is 2.15. The van der Waals surface area contributed by atoms with Gasteiger partial charge in [-0.3, -0.25) is 4.79 Å². The van der Waals surface area contributed by atoms with Crippen LogP contribution in [-0.2, 0) is 6.42 Å². The molecule has 0 unspecified atom stereocenters. The molecular weight excluding hydrogens is 288 g/mol. The molecule has 1 heterocycles. The Labute approximate surface area is 128 Å². The lowest BCUT2D eigenvalue weighted by Gasteiger charge is -2.09. The second-order valence-corrected chi connectivity index (χ2v) is 5.35. The molecule has 21 heavy (non-hydrogen) atoms. The summed E-state index contributed by atoms with van der Waals surface area (Å²) in [5.74, 6) is -0.225. The molecule has 0 saturated carbocycles. The molecule has 0 atom stereocenters. The highest BCUT2D eigenvalue weighted by Gasteiger charge is 2.11. The average Bonchev–Trinajstić information content (AvgIpc) is 2.39. The molecule has 0 fully saturated rings. The van der Waals surface area contributed by atoms with Crippen LogP contribution in [0.2, 0.25) is 5.15 Å². The zero-order valence-electron chi connectivity index (χ0n) is 12.0. The average molecular weight is 305 g/mol. The van der Waals surface area contributed by atoms with Gasteiger partial charge in [-0.25, -0.2) is 0 Å². The number of hydrogen-bond donors (Lipinski definition) is 2. The SMILES string of the molecule is Cc1cc(C)cc(CCNc2nnc(Cl)cc2C(N)=O)c1. The van der Waals surface area contributed by atoms with E-state index in [4.69, 9.17) is 17.3 Å². The van der Waals surface area contributed by atoms with Gasteiger partial charge in [-0.05, 0) is 31.9 Å². The highest BCUT2D eigenvalue weighted by molar-refractivity contribution is 6.29. The van der Waals surface area contributed by atoms with Gasteiger partial charge in [0.2, 0.25) is 0 Å². The fourth-order valence-electron chi connectivity index (χ4n) is 2.22. The number of anilines is 1. The fourth-order valence-corrected chi connectivity index (χ4v) is 2.37. The normalized spacial score (nSPS) is 10.4. The smallest absolute Gasteiger partial charge is 0.252 e. The van der Waals surface area contributed by atoms with Crippen LogP contribution < -0.4 is 11.1 Å². The summed E-state index contributed by atoms with van der Waals surface area (Å²) < 4.78 is 0. The number of aryl methyl sites for hydroxylation is 2. The number of nitrogens with one attached hydrogen (secondary N) is 1. The van der Waals surface area contributed by atoms with Gasteiger partial charge < -0.3 is 11.1 Å². The summed E-state index contributed by atoms with van der Waals surface area (Å²) in [6.45, 7) is 4.76. The van der Waals surface area contributed by atoms with E-state index in [0.29, 0.717) is 12.4 Å². The van der Waals surface area contributed by atoms with E-state index in [0.717, 1.165) is 6.42 Å². The Morgan fingerprint density at radius 2 is 1.86 bits per heavy atom. The molecule has 2 aromatic rings. The zero-order chi connectivity index (χ0) is 15.4. The minimum atomic E-state index is -0.583. The topological polar surface area (TPSA) is 80.9 Å². The Hall–Kier alpha value is -2.14. The van der Waals surface area contributed by atoms with Crippen LogP contribution in [-0.4, -0.2) is 22.6 Å². The van der Waals surface area contributed by atoms with E-state index in [1.807, 2.05) is 0 Å². The molecule has 1 aromatic heterocycles. The van der Waals surface area contributed by atoms with Crippen molar-refractivity contribution < 1.29 is 4.79 Å². The van der Waals surface area contributed by atoms with Gasteiger partial charge in [0.15, 0.2) is 11.0 Å². The van der Waals surface area contributed by atoms with Crippen LogP contribution in [0.5, 0.6) is 0 Å². The Morgan fingerprint density at radius 1 is 1.19 bits per heavy atom. The molecule has 0 spiro atoms. The third-order valence-corrected chi connectivity index (χ3v) is 3.20. The summed E-state index contributed by atoms with van der Waals surface area (Å²) in [6.07, 6.45) is 0.811. The summed E-state index contributed by atoms with van der Waals surface area (Å²) in [4.78, 5) is 11.4. The van der Waals surface area contributed by atoms with Crippen molar-refractivity contribution in [2.45, 2.75) is 20.3 Å². The summed E-state index contributed by atoms with van der Waals surface area (Å²) in [6, 6.07) is 7.82. The lowest BCUT2D eigenvalue weighted by atomic mass is 10.1. The molecule has 0 radical (unpaired) electrons. The van der Waals surface area contributed by atoms with Gasteiger partial charge in [0.1, 0.15) is 0 Å². The summed E-state index contributed by atoms with van der Waals surface area (Å²) >= 11 is 5.72. The Bertz CT molecular complexity index is 652. The molecule has 6 heteroatoms. The lowest BCUT2D eigenvalue weighted by molar-refractivity contribution is 0.100. The largest absolute Gasteiger partial charge is 0.368 e. The third kappa shape index (κ3) is 4.16. The first kappa shape index (κ1) is 15.3. The summed E-state index contributed by atoms with van der Waals surface area (Å²) in [7, 11) is 0. The van der Waals surface area contributed by atoms with Crippen molar-refractivity contribution in [1.82, 2.24) is 10.2 Å². The molecule has 0 aliphatic heterocycles. The van der Waals surface area contributed by atoms with Gasteiger partial charge in [0, 0.05) is 6.54 Å². The summed E-state index contributed by atoms with van der Waals surface area (Å²) in [5.41, 5.74) is 9.23. The number of aromatic nitrogens is 2. The van der Waals surface area contributed by atoms with Crippen molar-refractivity contribution in [2.24, 2.45) is 5.73 Å². The molecule has 2 rings (SSSR count). The van der Waals surface area contributed by atoms with Gasteiger partial charge >= 0.3 is 0 Å². The van der Waals surface area contributed by atoms with Crippen LogP contribution in [0.15, 0.2) is 24.3 Å². The Morgan fingerprint density at radius 3 is 2.48 bits per heavy atom. The van der Waals surface area contributed by atoms with Crippen LogP contribution in [0.4, 0.5) is 5.82 Å². The van der Waals surface area contributed by atoms with E-state index in [9.17, 15) is 4.79 Å². The fraction of sp³-hybridized carbons (Fsp3) is 0.267. The number of primary amides is 1. The number of hydrogen-bond acceptors (Lipinski definition) is 4. The highest BCUT2D eigenvalue weighted by atomic mass is 35.5. The number of benzene rings is 1. The monoisotopic (exact) mass is 304 g/mol. The number of amides is 1. The number of rotatable bonds is 5. The van der Waals surface area contributed by atoms with E-state index in [1.165, 1.54) is 22.8 Å². The Kier molecular flexibility index (Phi) is 4.75. The van der Waals surface area contributed by atoms with Gasteiger partial charge in [0.25, 0.3) is 5.91 Å². The maximum absolute atomic E-state index is 11.4. The molecule has 0 aliphatic carbocycles. The van der Waals surface area contributed by atoms with Gasteiger partial charge in [-0.15, -0.1) is 10.2 Å². The molecule has 0 aliphatic rings. The first-order chi connectivity index (χ1) is 9.95. The molecule has 5 nitrogen and oxygen atoms in total. The van der Waals surface area contributed by atoms with Crippen LogP contribution in [0, 0.1) is 13.8 Å². The number of nitrogens with two attached hydrogens (primary N) is 1. The second kappa shape index (κ2) is 6.54. The van der Waals surface area contributed by atoms with Gasteiger partial charge in [-0.2, -0.15) is 0 Å². The molecule has 1 amide bonds. The van der Waals surface area contributed by atoms with Crippen molar-refractivity contribution >= 4 is 23.3 Å². The zero-order valence-corrected chi connectivity index (χ0v) is 12.7. The van der Waals surface area contributed by atoms with Crippen molar-refractivity contribution in [1.29, 1.82) is 0 Å². The van der Waals surface area contributed by atoms with Crippen molar-refractivity contribution in [3.63, 3.8) is 0 Å². The number of carbonyl (C=O) groups is 1. The number of halogens is 1. The van der Waals surface area contributed by atoms with E-state index in [1.54, 1.807) is 0 Å². The lowest BCUT2D eigenvalue weighted by Crippen LogP contribution is -2.17. The minimum Gasteiger partial charge on any atom is -0.368 e. The van der Waals surface area contributed by atoms with E-state index in [2.05, 4.69) is 47.6 Å². The number of nitrogens with zero attached hydrogens (tertiary/aromatic N) is 2. The van der Waals surface area contributed by atoms with E-state index in [-0.39, 0.29) is 10.7 Å². The van der Waals surface area contributed by atoms with Crippen LogP contribution in [0.1, 0.15) is 27.0 Å². The number of carbonyl (C=O) groups excluding carboxylic acids is 1. The van der Waals surface area contributed by atoms with E-state index >= 15 is 0 Å². The summed E-state index contributed by atoms with van der Waals surface area (Å²) in [5, 5.41) is 10.8. The predicted molar refractivity (Wildman–Crippen MR) is 83.7 cm³/mol. The Balaban J connectivity index is 2.05. The standard InChI is InChI=1S/C15H17ClN4O/c1-9-5-10(2)7-11(6-9)3-4-18-15-12(14(17)21)8-13(16)19-20-15/h5-8H,3-4H2,1-2H3,(H2,17,21)(H,18,20). The van der Waals surface area contributed by atoms with Crippen molar-refractivity contribution in [3.05, 3.63) is 51.7 Å². The molecule has 110 valence electrons. The maximum Gasteiger partial charge on any atom is 0.252 e. The van der Waals surface area contributed by atoms with Crippen LogP contribution in [0.25, 0.3) is 0 Å². The van der Waals surface area contributed by atoms with Crippen molar-refractivity contribution in [3.8, 4) is 0 Å². The molecular formula is C15H17ClN4O. The van der Waals surface area contributed by atoms with Crippen molar-refractivity contribution in [2.75, 3.05) is 11.9 Å². The predicted octanol–water partition coefficient (Wildman–Crippen LogP) is 2.50. The molecule has 0 bridgehead atoms. The first-order valence-electron chi connectivity index (χ1n) is 6.60. The van der Waals surface area contributed by atoms with Crippen LogP contribution >= 0.6 is 11.6 Å². The quantitative estimate of drug-likeness (QED) is 0.889. The second-order valence-electron chi connectivity index (χ2n) is 4.97. The molecule has 3 N–H and O–H groups in total. The third-order valence-electron chi connectivity index (χ3n) is 3.02. The maximum atomic E-state index is 11.4. The molecule has 0 saturated heterocycles. The van der Waals surface area contributed by atoms with Gasteiger partial charge in [0.05, 0.1) is 5.56 Å². The van der Waals surface area contributed by atoms with Crippen LogP contribution in [0.3, 0.4) is 0 Å². The minimum absolute atomic E-state index is 0.142. The molecule has 1 aromatic carbocycles. The van der Waals surface area contributed by atoms with E-state index < -0.39 is 5.91 Å².